The van der Waals surface area contributed by atoms with Crippen molar-refractivity contribution in [1.29, 1.82) is 0 Å². The van der Waals surface area contributed by atoms with Gasteiger partial charge in [0.15, 0.2) is 0 Å². The third-order valence-electron chi connectivity index (χ3n) is 3.81. The Morgan fingerprint density at radius 1 is 1.38 bits per heavy atom. The van der Waals surface area contributed by atoms with E-state index < -0.39 is 5.97 Å². The predicted octanol–water partition coefficient (Wildman–Crippen LogP) is 2.72. The number of thioether (sulfide) groups is 1. The van der Waals surface area contributed by atoms with Crippen LogP contribution in [0.3, 0.4) is 0 Å². The second kappa shape index (κ2) is 6.85. The number of urea groups is 1. The van der Waals surface area contributed by atoms with E-state index in [2.05, 4.69) is 16.9 Å². The summed E-state index contributed by atoms with van der Waals surface area (Å²) in [4.78, 5) is 22.6. The van der Waals surface area contributed by atoms with Crippen LogP contribution in [0.15, 0.2) is 24.3 Å². The van der Waals surface area contributed by atoms with E-state index in [9.17, 15) is 9.59 Å². The zero-order valence-electron chi connectivity index (χ0n) is 12.0. The maximum absolute atomic E-state index is 11.9. The van der Waals surface area contributed by atoms with Crippen molar-refractivity contribution in [2.75, 3.05) is 18.1 Å². The number of nitrogens with one attached hydrogen (secondary N) is 2. The average Bonchev–Trinajstić information content (AvgIpc) is 2.37. The van der Waals surface area contributed by atoms with E-state index in [0.717, 1.165) is 12.8 Å². The molecule has 0 aliphatic heterocycles. The highest BCUT2D eigenvalue weighted by Gasteiger charge is 2.36. The highest BCUT2D eigenvalue weighted by atomic mass is 32.2. The lowest BCUT2D eigenvalue weighted by molar-refractivity contribution is -0.136. The van der Waals surface area contributed by atoms with Crippen LogP contribution in [-0.4, -0.2) is 34.7 Å². The maximum Gasteiger partial charge on any atom is 0.319 e. The zero-order valence-corrected chi connectivity index (χ0v) is 12.8. The standard InChI is InChI=1S/C15H20N2O3S/c1-21-15(6-3-7-15)10-16-14(20)17-12-5-2-4-11(8-12)9-13(18)19/h2,4-5,8H,3,6-7,9-10H2,1H3,(H,18,19)(H2,16,17,20). The minimum absolute atomic E-state index is 0.0489. The Labute approximate surface area is 128 Å². The van der Waals surface area contributed by atoms with Crippen LogP contribution in [0.2, 0.25) is 0 Å². The van der Waals surface area contributed by atoms with Gasteiger partial charge in [-0.15, -0.1) is 0 Å². The largest absolute Gasteiger partial charge is 0.481 e. The zero-order chi connectivity index (χ0) is 15.3. The molecule has 1 aliphatic rings. The van der Waals surface area contributed by atoms with Crippen LogP contribution in [0.4, 0.5) is 10.5 Å². The molecule has 1 aromatic carbocycles. The van der Waals surface area contributed by atoms with Crippen molar-refractivity contribution in [2.24, 2.45) is 0 Å². The fourth-order valence-electron chi connectivity index (χ4n) is 2.37. The molecule has 0 aromatic heterocycles. The van der Waals surface area contributed by atoms with Gasteiger partial charge in [-0.05, 0) is 36.8 Å². The molecule has 2 amide bonds. The molecule has 0 atom stereocenters. The number of anilines is 1. The van der Waals surface area contributed by atoms with Gasteiger partial charge in [0.2, 0.25) is 0 Å². The molecule has 0 saturated heterocycles. The van der Waals surface area contributed by atoms with Gasteiger partial charge >= 0.3 is 12.0 Å². The fraction of sp³-hybridized carbons (Fsp3) is 0.467. The molecule has 3 N–H and O–H groups in total. The molecule has 0 radical (unpaired) electrons. The van der Waals surface area contributed by atoms with Gasteiger partial charge < -0.3 is 15.7 Å². The summed E-state index contributed by atoms with van der Waals surface area (Å²) in [5.41, 5.74) is 1.28. The van der Waals surface area contributed by atoms with Crippen LogP contribution in [-0.2, 0) is 11.2 Å². The first kappa shape index (κ1) is 15.7. The van der Waals surface area contributed by atoms with Crippen LogP contribution in [0.25, 0.3) is 0 Å². The highest BCUT2D eigenvalue weighted by molar-refractivity contribution is 8.00. The minimum atomic E-state index is -0.886. The molecule has 0 spiro atoms. The van der Waals surface area contributed by atoms with Gasteiger partial charge in [-0.25, -0.2) is 4.79 Å². The Kier molecular flexibility index (Phi) is 5.12. The molecule has 1 aliphatic carbocycles. The molecule has 0 heterocycles. The van der Waals surface area contributed by atoms with Gasteiger partial charge in [0.1, 0.15) is 0 Å². The summed E-state index contributed by atoms with van der Waals surface area (Å²) in [6, 6.07) is 6.65. The Balaban J connectivity index is 1.86. The fourth-order valence-corrected chi connectivity index (χ4v) is 3.29. The van der Waals surface area contributed by atoms with Crippen molar-refractivity contribution in [3.05, 3.63) is 29.8 Å². The number of carboxylic acids is 1. The number of carbonyl (C=O) groups excluding carboxylic acids is 1. The quantitative estimate of drug-likeness (QED) is 0.755. The van der Waals surface area contributed by atoms with Crippen LogP contribution in [0.1, 0.15) is 24.8 Å². The Bertz CT molecular complexity index is 524. The molecule has 2 rings (SSSR count). The number of hydrogen-bond acceptors (Lipinski definition) is 3. The molecule has 1 saturated carbocycles. The van der Waals surface area contributed by atoms with Crippen molar-refractivity contribution in [2.45, 2.75) is 30.4 Å². The first-order valence-corrected chi connectivity index (χ1v) is 8.16. The molecule has 6 heteroatoms. The first-order valence-electron chi connectivity index (χ1n) is 6.94. The summed E-state index contributed by atoms with van der Waals surface area (Å²) in [6.45, 7) is 0.662. The van der Waals surface area contributed by atoms with E-state index in [1.165, 1.54) is 6.42 Å². The van der Waals surface area contributed by atoms with E-state index in [0.29, 0.717) is 17.8 Å². The van der Waals surface area contributed by atoms with Crippen molar-refractivity contribution in [1.82, 2.24) is 5.32 Å². The van der Waals surface area contributed by atoms with Crippen molar-refractivity contribution >= 4 is 29.4 Å². The second-order valence-electron chi connectivity index (χ2n) is 5.32. The molecule has 1 aromatic rings. The summed E-state index contributed by atoms with van der Waals surface area (Å²) >= 11 is 1.81. The molecule has 21 heavy (non-hydrogen) atoms. The molecule has 5 nitrogen and oxygen atoms in total. The molecular formula is C15H20N2O3S. The van der Waals surface area contributed by atoms with Crippen LogP contribution < -0.4 is 10.6 Å². The van der Waals surface area contributed by atoms with Crippen molar-refractivity contribution in [3.8, 4) is 0 Å². The number of amides is 2. The monoisotopic (exact) mass is 308 g/mol. The van der Waals surface area contributed by atoms with E-state index in [1.54, 1.807) is 24.3 Å². The van der Waals surface area contributed by atoms with E-state index >= 15 is 0 Å². The number of rotatable bonds is 6. The average molecular weight is 308 g/mol. The highest BCUT2D eigenvalue weighted by Crippen LogP contribution is 2.42. The normalized spacial score (nSPS) is 15.9. The smallest absolute Gasteiger partial charge is 0.319 e. The van der Waals surface area contributed by atoms with Gasteiger partial charge in [0.25, 0.3) is 0 Å². The Morgan fingerprint density at radius 2 is 2.14 bits per heavy atom. The van der Waals surface area contributed by atoms with Crippen molar-refractivity contribution in [3.63, 3.8) is 0 Å². The third kappa shape index (κ3) is 4.39. The summed E-state index contributed by atoms with van der Waals surface area (Å²) in [5, 5.41) is 14.4. The lowest BCUT2D eigenvalue weighted by atomic mass is 9.84. The number of carboxylic acid groups (broad SMARTS) is 1. The summed E-state index contributed by atoms with van der Waals surface area (Å²) in [5.74, 6) is -0.886. The van der Waals surface area contributed by atoms with Gasteiger partial charge in [-0.1, -0.05) is 18.6 Å². The number of benzene rings is 1. The van der Waals surface area contributed by atoms with Gasteiger partial charge in [-0.3, -0.25) is 4.79 Å². The molecule has 0 unspecified atom stereocenters. The van der Waals surface area contributed by atoms with Crippen LogP contribution in [0, 0.1) is 0 Å². The lowest BCUT2D eigenvalue weighted by Gasteiger charge is -2.40. The minimum Gasteiger partial charge on any atom is -0.481 e. The Morgan fingerprint density at radius 3 is 2.71 bits per heavy atom. The SMILES string of the molecule is CSC1(CNC(=O)Nc2cccc(CC(=O)O)c2)CCC1. The summed E-state index contributed by atoms with van der Waals surface area (Å²) in [6.07, 6.45) is 5.54. The molecule has 0 bridgehead atoms. The maximum atomic E-state index is 11.9. The van der Waals surface area contributed by atoms with Crippen LogP contribution in [0.5, 0.6) is 0 Å². The van der Waals surface area contributed by atoms with Gasteiger partial charge in [-0.2, -0.15) is 11.8 Å². The number of carbonyl (C=O) groups is 2. The lowest BCUT2D eigenvalue weighted by Crippen LogP contribution is -2.46. The van der Waals surface area contributed by atoms with E-state index in [1.807, 2.05) is 11.8 Å². The Hall–Kier alpha value is -1.69. The predicted molar refractivity (Wildman–Crippen MR) is 84.9 cm³/mol. The molecule has 114 valence electrons. The third-order valence-corrected chi connectivity index (χ3v) is 5.23. The second-order valence-corrected chi connectivity index (χ2v) is 6.59. The van der Waals surface area contributed by atoms with Crippen LogP contribution >= 0.6 is 11.8 Å². The summed E-state index contributed by atoms with van der Waals surface area (Å²) in [7, 11) is 0. The van der Waals surface area contributed by atoms with Gasteiger partial charge in [0, 0.05) is 17.0 Å². The molecular weight excluding hydrogens is 288 g/mol. The summed E-state index contributed by atoms with van der Waals surface area (Å²) < 4.78 is 0.197. The first-order chi connectivity index (χ1) is 10.0. The van der Waals surface area contributed by atoms with Crippen molar-refractivity contribution < 1.29 is 14.7 Å². The molecule has 1 fully saturated rings. The van der Waals surface area contributed by atoms with Gasteiger partial charge in [0.05, 0.1) is 6.42 Å². The number of aliphatic carboxylic acids is 1. The number of hydrogen-bond donors (Lipinski definition) is 3. The van der Waals surface area contributed by atoms with E-state index in [4.69, 9.17) is 5.11 Å². The van der Waals surface area contributed by atoms with E-state index in [-0.39, 0.29) is 17.2 Å². The topological polar surface area (TPSA) is 78.4 Å².